The largest absolute Gasteiger partial charge is 0.355 e. The fourth-order valence-corrected chi connectivity index (χ4v) is 0.926. The molecule has 2 N–H and O–H groups in total. The quantitative estimate of drug-likeness (QED) is 0.573. The second-order valence-electron chi connectivity index (χ2n) is 3.11. The summed E-state index contributed by atoms with van der Waals surface area (Å²) in [6.07, 6.45) is 0.570. The molecule has 0 aliphatic rings. The first-order valence-electron chi connectivity index (χ1n) is 4.80. The lowest BCUT2D eigenvalue weighted by Crippen LogP contribution is -2.35. The van der Waals surface area contributed by atoms with Gasteiger partial charge in [0.1, 0.15) is 0 Å². The molecule has 0 saturated carbocycles. The van der Waals surface area contributed by atoms with E-state index in [0.29, 0.717) is 6.42 Å². The molecule has 0 aliphatic carbocycles. The Morgan fingerprint density at radius 2 is 1.92 bits per heavy atom. The van der Waals surface area contributed by atoms with Crippen molar-refractivity contribution >= 4 is 5.91 Å². The van der Waals surface area contributed by atoms with E-state index >= 15 is 0 Å². The number of carbonyl (C=O) groups is 1. The summed E-state index contributed by atoms with van der Waals surface area (Å²) in [6.45, 7) is 5.51. The molecule has 0 aromatic rings. The Kier molecular flexibility index (Phi) is 7.63. The van der Waals surface area contributed by atoms with E-state index in [1.807, 2.05) is 14.0 Å². The molecular formula is C9H21N3O. The van der Waals surface area contributed by atoms with Crippen LogP contribution in [0.25, 0.3) is 0 Å². The van der Waals surface area contributed by atoms with Crippen LogP contribution in [0.15, 0.2) is 0 Å². The molecule has 0 saturated heterocycles. The number of amides is 1. The fraction of sp³-hybridized carbons (Fsp3) is 0.889. The molecule has 0 rings (SSSR count). The Labute approximate surface area is 80.7 Å². The van der Waals surface area contributed by atoms with Gasteiger partial charge in [-0.2, -0.15) is 0 Å². The smallest absolute Gasteiger partial charge is 0.219 e. The van der Waals surface area contributed by atoms with E-state index in [4.69, 9.17) is 0 Å². The van der Waals surface area contributed by atoms with Gasteiger partial charge < -0.3 is 15.5 Å². The highest BCUT2D eigenvalue weighted by atomic mass is 16.1. The normalized spacial score (nSPS) is 10.5. The second-order valence-corrected chi connectivity index (χ2v) is 3.11. The third-order valence-electron chi connectivity index (χ3n) is 1.88. The minimum atomic E-state index is 0.127. The second kappa shape index (κ2) is 8.01. The zero-order valence-electron chi connectivity index (χ0n) is 8.89. The van der Waals surface area contributed by atoms with E-state index in [2.05, 4.69) is 22.6 Å². The van der Waals surface area contributed by atoms with Gasteiger partial charge in [-0.25, -0.2) is 0 Å². The summed E-state index contributed by atoms with van der Waals surface area (Å²) in [5, 5.41) is 5.92. The summed E-state index contributed by atoms with van der Waals surface area (Å²) in [5.41, 5.74) is 0. The minimum Gasteiger partial charge on any atom is -0.355 e. The van der Waals surface area contributed by atoms with Gasteiger partial charge in [-0.3, -0.25) is 4.79 Å². The van der Waals surface area contributed by atoms with Gasteiger partial charge in [-0.1, -0.05) is 6.92 Å². The van der Waals surface area contributed by atoms with Gasteiger partial charge in [0.15, 0.2) is 0 Å². The van der Waals surface area contributed by atoms with Crippen molar-refractivity contribution in [3.8, 4) is 0 Å². The van der Waals surface area contributed by atoms with Crippen LogP contribution in [0.2, 0.25) is 0 Å². The van der Waals surface area contributed by atoms with E-state index in [9.17, 15) is 4.79 Å². The van der Waals surface area contributed by atoms with Crippen molar-refractivity contribution in [1.29, 1.82) is 0 Å². The molecule has 4 nitrogen and oxygen atoms in total. The molecule has 0 spiro atoms. The van der Waals surface area contributed by atoms with Crippen molar-refractivity contribution in [3.05, 3.63) is 0 Å². The Bertz CT molecular complexity index is 139. The summed E-state index contributed by atoms with van der Waals surface area (Å²) in [7, 11) is 3.99. The van der Waals surface area contributed by atoms with E-state index in [-0.39, 0.29) is 5.91 Å². The molecule has 0 aromatic heterocycles. The monoisotopic (exact) mass is 187 g/mol. The molecule has 13 heavy (non-hydrogen) atoms. The summed E-state index contributed by atoms with van der Waals surface area (Å²) in [5.74, 6) is 0.127. The molecule has 0 heterocycles. The molecule has 0 aromatic carbocycles. The van der Waals surface area contributed by atoms with Crippen LogP contribution in [-0.4, -0.2) is 51.1 Å². The first-order chi connectivity index (χ1) is 6.20. The predicted molar refractivity (Wildman–Crippen MR) is 54.7 cm³/mol. The molecule has 1 amide bonds. The molecule has 0 aliphatic heterocycles. The Hall–Kier alpha value is -0.610. The molecule has 0 fully saturated rings. The van der Waals surface area contributed by atoms with Gasteiger partial charge >= 0.3 is 0 Å². The van der Waals surface area contributed by atoms with E-state index in [1.54, 1.807) is 0 Å². The summed E-state index contributed by atoms with van der Waals surface area (Å²) < 4.78 is 0. The van der Waals surface area contributed by atoms with Crippen LogP contribution in [0.5, 0.6) is 0 Å². The van der Waals surface area contributed by atoms with Gasteiger partial charge in [-0.05, 0) is 14.1 Å². The van der Waals surface area contributed by atoms with Crippen molar-refractivity contribution in [2.45, 2.75) is 13.3 Å². The zero-order chi connectivity index (χ0) is 10.1. The lowest BCUT2D eigenvalue weighted by atomic mass is 10.4. The first kappa shape index (κ1) is 12.4. The van der Waals surface area contributed by atoms with Crippen LogP contribution < -0.4 is 10.6 Å². The van der Waals surface area contributed by atoms with E-state index in [1.165, 1.54) is 0 Å². The van der Waals surface area contributed by atoms with E-state index in [0.717, 1.165) is 26.2 Å². The van der Waals surface area contributed by atoms with Crippen LogP contribution in [0, 0.1) is 0 Å². The van der Waals surface area contributed by atoms with Crippen LogP contribution in [0.1, 0.15) is 13.3 Å². The van der Waals surface area contributed by atoms with Gasteiger partial charge in [0, 0.05) is 32.6 Å². The fourth-order valence-electron chi connectivity index (χ4n) is 0.926. The van der Waals surface area contributed by atoms with Crippen LogP contribution in [-0.2, 0) is 4.79 Å². The van der Waals surface area contributed by atoms with Gasteiger partial charge in [0.2, 0.25) is 5.91 Å². The number of likely N-dealkylation sites (N-methyl/N-ethyl adjacent to an activating group) is 2. The standard InChI is InChI=1S/C9H21N3O/c1-4-9(13)11-6-8-12(3)7-5-10-2/h10H,4-8H2,1-3H3,(H,11,13). The predicted octanol–water partition coefficient (Wildman–Crippen LogP) is -0.336. The molecule has 0 radical (unpaired) electrons. The molecule has 4 heteroatoms. The molecule has 78 valence electrons. The summed E-state index contributed by atoms with van der Waals surface area (Å²) in [6, 6.07) is 0. The average molecular weight is 187 g/mol. The number of carbonyl (C=O) groups excluding carboxylic acids is 1. The highest BCUT2D eigenvalue weighted by Gasteiger charge is 1.98. The Morgan fingerprint density at radius 1 is 1.31 bits per heavy atom. The molecular weight excluding hydrogens is 166 g/mol. The van der Waals surface area contributed by atoms with Crippen molar-refractivity contribution in [2.75, 3.05) is 40.3 Å². The number of nitrogens with zero attached hydrogens (tertiary/aromatic N) is 1. The number of hydrogen-bond donors (Lipinski definition) is 2. The zero-order valence-corrected chi connectivity index (χ0v) is 8.89. The van der Waals surface area contributed by atoms with Crippen LogP contribution in [0.3, 0.4) is 0 Å². The third-order valence-corrected chi connectivity index (χ3v) is 1.88. The Balaban J connectivity index is 3.26. The maximum absolute atomic E-state index is 10.9. The lowest BCUT2D eigenvalue weighted by molar-refractivity contribution is -0.120. The maximum Gasteiger partial charge on any atom is 0.219 e. The highest BCUT2D eigenvalue weighted by Crippen LogP contribution is 1.80. The van der Waals surface area contributed by atoms with Gasteiger partial charge in [0.25, 0.3) is 0 Å². The van der Waals surface area contributed by atoms with Crippen molar-refractivity contribution < 1.29 is 4.79 Å². The van der Waals surface area contributed by atoms with Crippen LogP contribution >= 0.6 is 0 Å². The first-order valence-corrected chi connectivity index (χ1v) is 4.80. The Morgan fingerprint density at radius 3 is 2.46 bits per heavy atom. The van der Waals surface area contributed by atoms with Gasteiger partial charge in [-0.15, -0.1) is 0 Å². The third kappa shape index (κ3) is 7.74. The number of nitrogens with one attached hydrogen (secondary N) is 2. The van der Waals surface area contributed by atoms with Crippen molar-refractivity contribution in [3.63, 3.8) is 0 Å². The lowest BCUT2D eigenvalue weighted by Gasteiger charge is -2.16. The summed E-state index contributed by atoms with van der Waals surface area (Å²) >= 11 is 0. The SMILES string of the molecule is CCC(=O)NCCN(C)CCNC. The molecule has 0 unspecified atom stereocenters. The molecule has 0 atom stereocenters. The number of rotatable bonds is 7. The van der Waals surface area contributed by atoms with Gasteiger partial charge in [0.05, 0.1) is 0 Å². The maximum atomic E-state index is 10.9. The van der Waals surface area contributed by atoms with Crippen LogP contribution in [0.4, 0.5) is 0 Å². The highest BCUT2D eigenvalue weighted by molar-refractivity contribution is 5.75. The number of hydrogen-bond acceptors (Lipinski definition) is 3. The van der Waals surface area contributed by atoms with E-state index < -0.39 is 0 Å². The minimum absolute atomic E-state index is 0.127. The van der Waals surface area contributed by atoms with Crippen molar-refractivity contribution in [1.82, 2.24) is 15.5 Å². The molecule has 0 bridgehead atoms. The average Bonchev–Trinajstić information content (AvgIpc) is 2.14. The topological polar surface area (TPSA) is 44.4 Å². The van der Waals surface area contributed by atoms with Crippen molar-refractivity contribution in [2.24, 2.45) is 0 Å². The summed E-state index contributed by atoms with van der Waals surface area (Å²) in [4.78, 5) is 13.1.